The van der Waals surface area contributed by atoms with E-state index in [4.69, 9.17) is 4.74 Å². The number of amides is 2. The molecular formula is C23H19N5O4. The smallest absolute Gasteiger partial charge is 0.412 e. The number of nitrogens with zero attached hydrogens (tertiary/aromatic N) is 3. The summed E-state index contributed by atoms with van der Waals surface area (Å²) in [5, 5.41) is 5.20. The summed E-state index contributed by atoms with van der Waals surface area (Å²) in [7, 11) is 0. The Balaban J connectivity index is 1.48. The Morgan fingerprint density at radius 1 is 0.969 bits per heavy atom. The van der Waals surface area contributed by atoms with Crippen molar-refractivity contribution in [2.75, 3.05) is 5.32 Å². The van der Waals surface area contributed by atoms with Gasteiger partial charge in [-0.15, -0.1) is 0 Å². The van der Waals surface area contributed by atoms with E-state index in [0.717, 1.165) is 11.1 Å². The van der Waals surface area contributed by atoms with Crippen molar-refractivity contribution in [2.45, 2.75) is 13.2 Å². The van der Waals surface area contributed by atoms with Crippen molar-refractivity contribution in [1.82, 2.24) is 19.7 Å². The average molecular weight is 429 g/mol. The summed E-state index contributed by atoms with van der Waals surface area (Å²) in [4.78, 5) is 45.7. The summed E-state index contributed by atoms with van der Waals surface area (Å²) in [6, 6.07) is 15.9. The molecule has 0 radical (unpaired) electrons. The van der Waals surface area contributed by atoms with Crippen LogP contribution in [-0.4, -0.2) is 26.4 Å². The Bertz CT molecular complexity index is 1310. The van der Waals surface area contributed by atoms with Crippen LogP contribution in [0.5, 0.6) is 0 Å². The van der Waals surface area contributed by atoms with Crippen molar-refractivity contribution >= 4 is 23.3 Å². The summed E-state index contributed by atoms with van der Waals surface area (Å²) >= 11 is 0. The first-order chi connectivity index (χ1) is 15.6. The number of anilines is 1. The molecule has 9 nitrogen and oxygen atoms in total. The number of carbonyl (C=O) groups excluding carboxylic acids is 2. The predicted octanol–water partition coefficient (Wildman–Crippen LogP) is 2.77. The quantitative estimate of drug-likeness (QED) is 0.487. The molecule has 2 amide bonds. The maximum atomic E-state index is 12.8. The van der Waals surface area contributed by atoms with Crippen molar-refractivity contribution in [2.24, 2.45) is 0 Å². The molecule has 0 unspecified atom stereocenters. The van der Waals surface area contributed by atoms with Crippen molar-refractivity contribution in [1.29, 1.82) is 0 Å². The minimum Gasteiger partial charge on any atom is -0.444 e. The van der Waals surface area contributed by atoms with Crippen LogP contribution in [0.25, 0.3) is 5.65 Å². The van der Waals surface area contributed by atoms with Crippen molar-refractivity contribution in [3.8, 4) is 0 Å². The van der Waals surface area contributed by atoms with Gasteiger partial charge in [-0.3, -0.25) is 24.3 Å². The zero-order chi connectivity index (χ0) is 22.3. The molecule has 1 aromatic carbocycles. The fourth-order valence-corrected chi connectivity index (χ4v) is 3.02. The Labute approximate surface area is 182 Å². The molecule has 0 aliphatic heterocycles. The maximum absolute atomic E-state index is 12.8. The largest absolute Gasteiger partial charge is 0.444 e. The van der Waals surface area contributed by atoms with Crippen molar-refractivity contribution < 1.29 is 14.3 Å². The number of carbonyl (C=O) groups is 2. The number of nitrogens with one attached hydrogen (secondary N) is 2. The van der Waals surface area contributed by atoms with Gasteiger partial charge < -0.3 is 10.1 Å². The monoisotopic (exact) mass is 429 g/mol. The molecule has 4 rings (SSSR count). The van der Waals surface area contributed by atoms with Crippen LogP contribution in [0.4, 0.5) is 10.5 Å². The Morgan fingerprint density at radius 3 is 2.53 bits per heavy atom. The van der Waals surface area contributed by atoms with Gasteiger partial charge in [0.1, 0.15) is 12.3 Å². The van der Waals surface area contributed by atoms with Gasteiger partial charge >= 0.3 is 6.09 Å². The van der Waals surface area contributed by atoms with E-state index in [1.54, 1.807) is 36.7 Å². The van der Waals surface area contributed by atoms with E-state index in [0.29, 0.717) is 6.54 Å². The standard InChI is InChI=1S/C23H19N5O4/c29-21(26-13-16-8-10-24-11-9-16)18-7-4-12-28-20(18)25-14-19(22(28)30)27-23(31)32-15-17-5-2-1-3-6-17/h1-12,14H,13,15H2,(H,26,29)(H,27,31). The first-order valence-corrected chi connectivity index (χ1v) is 9.77. The van der Waals surface area contributed by atoms with Gasteiger partial charge in [0.25, 0.3) is 11.5 Å². The molecule has 160 valence electrons. The molecule has 32 heavy (non-hydrogen) atoms. The predicted molar refractivity (Wildman–Crippen MR) is 117 cm³/mol. The topological polar surface area (TPSA) is 115 Å². The summed E-state index contributed by atoms with van der Waals surface area (Å²) in [5.74, 6) is -0.380. The number of pyridine rings is 2. The van der Waals surface area contributed by atoms with Crippen LogP contribution < -0.4 is 16.2 Å². The minimum atomic E-state index is -0.779. The highest BCUT2D eigenvalue weighted by molar-refractivity contribution is 5.99. The third kappa shape index (κ3) is 4.78. The van der Waals surface area contributed by atoms with E-state index in [2.05, 4.69) is 20.6 Å². The Kier molecular flexibility index (Phi) is 6.17. The van der Waals surface area contributed by atoms with Crippen LogP contribution in [0.3, 0.4) is 0 Å². The Hall–Kier alpha value is -4.53. The molecule has 0 aliphatic carbocycles. The van der Waals surface area contributed by atoms with Crippen LogP contribution >= 0.6 is 0 Å². The lowest BCUT2D eigenvalue weighted by Crippen LogP contribution is -2.27. The molecule has 2 N–H and O–H groups in total. The lowest BCUT2D eigenvalue weighted by Gasteiger charge is -2.10. The molecule has 0 saturated heterocycles. The number of ether oxygens (including phenoxy) is 1. The van der Waals surface area contributed by atoms with Gasteiger partial charge in [-0.2, -0.15) is 0 Å². The second-order valence-corrected chi connectivity index (χ2v) is 6.82. The summed E-state index contributed by atoms with van der Waals surface area (Å²) in [6.45, 7) is 0.371. The highest BCUT2D eigenvalue weighted by atomic mass is 16.5. The minimum absolute atomic E-state index is 0.0603. The van der Waals surface area contributed by atoms with Gasteiger partial charge in [-0.1, -0.05) is 30.3 Å². The fourth-order valence-electron chi connectivity index (χ4n) is 3.02. The van der Waals surface area contributed by atoms with E-state index >= 15 is 0 Å². The molecule has 0 saturated carbocycles. The van der Waals surface area contributed by atoms with Gasteiger partial charge in [0.15, 0.2) is 5.65 Å². The molecule has 3 heterocycles. The third-order valence-corrected chi connectivity index (χ3v) is 4.63. The first kappa shape index (κ1) is 20.7. The first-order valence-electron chi connectivity index (χ1n) is 9.77. The summed E-state index contributed by atoms with van der Waals surface area (Å²) < 4.78 is 6.34. The maximum Gasteiger partial charge on any atom is 0.412 e. The Morgan fingerprint density at radius 2 is 1.75 bits per heavy atom. The number of fused-ring (bicyclic) bond motifs is 1. The SMILES string of the molecule is O=C(Nc1cnc2c(C(=O)NCc3ccncc3)cccn2c1=O)OCc1ccccc1. The number of benzene rings is 1. The molecule has 0 bridgehead atoms. The van der Waals surface area contributed by atoms with E-state index in [-0.39, 0.29) is 29.4 Å². The highest BCUT2D eigenvalue weighted by Crippen LogP contribution is 2.10. The van der Waals surface area contributed by atoms with Gasteiger partial charge in [0, 0.05) is 25.1 Å². The lowest BCUT2D eigenvalue weighted by atomic mass is 10.2. The van der Waals surface area contributed by atoms with Crippen LogP contribution in [0.15, 0.2) is 84.2 Å². The van der Waals surface area contributed by atoms with Gasteiger partial charge in [-0.25, -0.2) is 9.78 Å². The molecule has 9 heteroatoms. The molecule has 3 aromatic heterocycles. The third-order valence-electron chi connectivity index (χ3n) is 4.63. The molecular weight excluding hydrogens is 410 g/mol. The van der Waals surface area contributed by atoms with Crippen molar-refractivity contribution in [3.63, 3.8) is 0 Å². The second-order valence-electron chi connectivity index (χ2n) is 6.82. The number of hydrogen-bond acceptors (Lipinski definition) is 6. The van der Waals surface area contributed by atoms with E-state index in [1.807, 2.05) is 30.3 Å². The van der Waals surface area contributed by atoms with E-state index in [9.17, 15) is 14.4 Å². The van der Waals surface area contributed by atoms with Crippen molar-refractivity contribution in [3.05, 3.63) is 106 Å². The van der Waals surface area contributed by atoms with Gasteiger partial charge in [0.05, 0.1) is 11.8 Å². The summed E-state index contributed by atoms with van der Waals surface area (Å²) in [6.07, 6.45) is 5.19. The number of rotatable bonds is 6. The van der Waals surface area contributed by atoms with Crippen LogP contribution in [0, 0.1) is 0 Å². The van der Waals surface area contributed by atoms with Crippen LogP contribution in [-0.2, 0) is 17.9 Å². The lowest BCUT2D eigenvalue weighted by molar-refractivity contribution is 0.0952. The second kappa shape index (κ2) is 9.52. The van der Waals surface area contributed by atoms with Gasteiger partial charge in [-0.05, 0) is 35.4 Å². The van der Waals surface area contributed by atoms with Crippen LogP contribution in [0.1, 0.15) is 21.5 Å². The number of aromatic nitrogens is 3. The summed E-state index contributed by atoms with van der Waals surface area (Å²) in [5.41, 5.74) is 1.52. The zero-order valence-corrected chi connectivity index (χ0v) is 16.9. The van der Waals surface area contributed by atoms with Crippen LogP contribution in [0.2, 0.25) is 0 Å². The molecule has 0 fully saturated rings. The number of hydrogen-bond donors (Lipinski definition) is 2. The molecule has 0 atom stereocenters. The molecule has 0 spiro atoms. The molecule has 0 aliphatic rings. The normalized spacial score (nSPS) is 10.5. The molecule has 4 aromatic rings. The average Bonchev–Trinajstić information content (AvgIpc) is 2.84. The van der Waals surface area contributed by atoms with E-state index in [1.165, 1.54) is 16.8 Å². The zero-order valence-electron chi connectivity index (χ0n) is 16.9. The van der Waals surface area contributed by atoms with Gasteiger partial charge in [0.2, 0.25) is 0 Å². The highest BCUT2D eigenvalue weighted by Gasteiger charge is 2.15. The van der Waals surface area contributed by atoms with E-state index < -0.39 is 11.7 Å². The fraction of sp³-hybridized carbons (Fsp3) is 0.0870.